The lowest BCUT2D eigenvalue weighted by molar-refractivity contribution is -0.157. The number of fused-ring (bicyclic) bond motifs is 2. The number of amides is 6. The summed E-state index contributed by atoms with van der Waals surface area (Å²) >= 11 is 0. The van der Waals surface area contributed by atoms with Crippen molar-refractivity contribution < 1.29 is 57.3 Å². The van der Waals surface area contributed by atoms with E-state index in [-0.39, 0.29) is 81.0 Å². The zero-order valence-electron chi connectivity index (χ0n) is 36.3. The van der Waals surface area contributed by atoms with Crippen molar-refractivity contribution in [3.05, 3.63) is 69.8 Å². The molecule has 2 aromatic rings. The van der Waals surface area contributed by atoms with Crippen LogP contribution in [-0.4, -0.2) is 107 Å². The molecule has 2 atom stereocenters. The molecule has 4 aliphatic heterocycles. The zero-order valence-corrected chi connectivity index (χ0v) is 36.3. The molecule has 4 heterocycles. The summed E-state index contributed by atoms with van der Waals surface area (Å²) in [6, 6.07) is 9.63. The molecule has 0 aromatic heterocycles. The largest absolute Gasteiger partial charge is 0.460 e. The Bertz CT molecular complexity index is 2140. The van der Waals surface area contributed by atoms with Crippen LogP contribution in [0.2, 0.25) is 0 Å². The molecule has 2 N–H and O–H groups in total. The van der Waals surface area contributed by atoms with Gasteiger partial charge in [0.15, 0.2) is 0 Å². The number of piperidine rings is 2. The van der Waals surface area contributed by atoms with E-state index in [2.05, 4.69) is 22.5 Å². The van der Waals surface area contributed by atoms with Gasteiger partial charge in [-0.05, 0) is 102 Å². The van der Waals surface area contributed by atoms with Crippen molar-refractivity contribution >= 4 is 47.4 Å². The molecule has 0 spiro atoms. The van der Waals surface area contributed by atoms with Gasteiger partial charge in [0.2, 0.25) is 23.6 Å². The molecule has 2 fully saturated rings. The Morgan fingerprint density at radius 1 is 0.677 bits per heavy atom. The first kappa shape index (κ1) is 47.1. The highest BCUT2D eigenvalue weighted by atomic mass is 16.6. The number of hydrogen-bond donors (Lipinski definition) is 2. The van der Waals surface area contributed by atoms with Crippen LogP contribution in [-0.2, 0) is 67.2 Å². The average molecular weight is 857 g/mol. The standard InChI is InChI=1S/C23H30N2O6.C23H26N2O6/c2*1-23(2,3)31-20(27)11-13-30-12-5-7-15-6-4-8-16-17(15)14-25(22(16)29)18-9-10-19(26)24-21(18)28/h4,6,8,18H,5,7,9-14H2,1-3H3,(H,24,26,28);4,6,8,18H,9-14H2,1-3H3,(H,24,26,28). The molecule has 2 aromatic carbocycles. The zero-order chi connectivity index (χ0) is 45.2. The van der Waals surface area contributed by atoms with Crippen LogP contribution < -0.4 is 10.6 Å². The Morgan fingerprint density at radius 2 is 1.18 bits per heavy atom. The van der Waals surface area contributed by atoms with Crippen LogP contribution in [0, 0.1) is 11.8 Å². The quantitative estimate of drug-likeness (QED) is 0.128. The molecule has 0 saturated carbocycles. The molecule has 16 nitrogen and oxygen atoms in total. The predicted octanol–water partition coefficient (Wildman–Crippen LogP) is 3.68. The molecule has 62 heavy (non-hydrogen) atoms. The van der Waals surface area contributed by atoms with Crippen molar-refractivity contribution in [3.63, 3.8) is 0 Å². The van der Waals surface area contributed by atoms with Gasteiger partial charge in [-0.1, -0.05) is 30.0 Å². The van der Waals surface area contributed by atoms with E-state index in [0.29, 0.717) is 49.3 Å². The minimum atomic E-state index is -0.658. The Hall–Kier alpha value is -5.92. The van der Waals surface area contributed by atoms with Crippen LogP contribution in [0.5, 0.6) is 0 Å². The molecule has 16 heteroatoms. The van der Waals surface area contributed by atoms with Crippen molar-refractivity contribution in [2.24, 2.45) is 0 Å². The summed E-state index contributed by atoms with van der Waals surface area (Å²) in [6.45, 7) is 12.7. The summed E-state index contributed by atoms with van der Waals surface area (Å²) < 4.78 is 21.4. The molecule has 6 rings (SSSR count). The van der Waals surface area contributed by atoms with Crippen LogP contribution in [0.3, 0.4) is 0 Å². The van der Waals surface area contributed by atoms with E-state index in [1.54, 1.807) is 23.1 Å². The fourth-order valence-corrected chi connectivity index (χ4v) is 7.40. The molecule has 332 valence electrons. The Balaban J connectivity index is 0.000000234. The molecule has 4 aliphatic rings. The fraction of sp³-hybridized carbons (Fsp3) is 0.522. The normalized spacial score (nSPS) is 18.5. The van der Waals surface area contributed by atoms with Gasteiger partial charge in [-0.2, -0.15) is 0 Å². The van der Waals surface area contributed by atoms with Crippen molar-refractivity contribution in [3.8, 4) is 11.8 Å². The average Bonchev–Trinajstić information content (AvgIpc) is 3.70. The fourth-order valence-electron chi connectivity index (χ4n) is 7.40. The van der Waals surface area contributed by atoms with E-state index in [9.17, 15) is 38.4 Å². The van der Waals surface area contributed by atoms with Crippen LogP contribution in [0.4, 0.5) is 0 Å². The highest BCUT2D eigenvalue weighted by Gasteiger charge is 2.41. The number of carbonyl (C=O) groups excluding carboxylic acids is 8. The van der Waals surface area contributed by atoms with Crippen molar-refractivity contribution in [1.82, 2.24) is 20.4 Å². The van der Waals surface area contributed by atoms with E-state index < -0.39 is 35.1 Å². The topological polar surface area (TPSA) is 204 Å². The molecule has 0 aliphatic carbocycles. The van der Waals surface area contributed by atoms with E-state index in [4.69, 9.17) is 18.9 Å². The molecular formula is C46H56N4O12. The second-order valence-electron chi connectivity index (χ2n) is 17.3. The second kappa shape index (κ2) is 20.8. The summed E-state index contributed by atoms with van der Waals surface area (Å²) in [4.78, 5) is 99.2. The number of rotatable bonds is 13. The molecule has 2 saturated heterocycles. The van der Waals surface area contributed by atoms with Crippen molar-refractivity contribution in [1.29, 1.82) is 0 Å². The first-order valence-corrected chi connectivity index (χ1v) is 20.9. The minimum absolute atomic E-state index is 0.136. The maximum absolute atomic E-state index is 12.8. The van der Waals surface area contributed by atoms with Crippen LogP contribution in [0.15, 0.2) is 36.4 Å². The van der Waals surface area contributed by atoms with Crippen molar-refractivity contribution in [2.75, 3.05) is 26.4 Å². The van der Waals surface area contributed by atoms with Gasteiger partial charge in [0.25, 0.3) is 11.8 Å². The first-order valence-electron chi connectivity index (χ1n) is 20.9. The number of benzene rings is 2. The SMILES string of the molecule is CC(C)(C)OC(=O)CCOCC#Cc1cccc2c1CN(C1CCC(=O)NC1=O)C2=O.CC(C)(C)OC(=O)CCOCCCc1cccc2c1CN(C1CCC(=O)NC1=O)C2=O. The van der Waals surface area contributed by atoms with Gasteiger partial charge in [-0.3, -0.25) is 49.0 Å². The number of nitrogens with one attached hydrogen (secondary N) is 2. The first-order chi connectivity index (χ1) is 29.3. The number of esters is 2. The van der Waals surface area contributed by atoms with Crippen molar-refractivity contribution in [2.45, 2.75) is 129 Å². The third-order valence-corrected chi connectivity index (χ3v) is 10.1. The number of ether oxygens (including phenoxy) is 4. The maximum atomic E-state index is 12.8. The monoisotopic (exact) mass is 856 g/mol. The van der Waals surface area contributed by atoms with Gasteiger partial charge in [0, 0.05) is 49.2 Å². The Kier molecular flexibility index (Phi) is 15.8. The van der Waals surface area contributed by atoms with Crippen LogP contribution in [0.1, 0.15) is 129 Å². The number of carbonyl (C=O) groups is 8. The van der Waals surface area contributed by atoms with Crippen LogP contribution in [0.25, 0.3) is 0 Å². The number of imide groups is 2. The molecule has 0 bridgehead atoms. The Labute approximate surface area is 361 Å². The number of hydrogen-bond acceptors (Lipinski definition) is 12. The summed E-state index contributed by atoms with van der Waals surface area (Å²) in [5.74, 6) is 3.45. The highest BCUT2D eigenvalue weighted by molar-refractivity contribution is 6.06. The van der Waals surface area contributed by atoms with Gasteiger partial charge < -0.3 is 28.7 Å². The van der Waals surface area contributed by atoms with Gasteiger partial charge in [-0.15, -0.1) is 0 Å². The van der Waals surface area contributed by atoms with Crippen LogP contribution >= 0.6 is 0 Å². The van der Waals surface area contributed by atoms with Gasteiger partial charge in [0.1, 0.15) is 29.9 Å². The second-order valence-corrected chi connectivity index (χ2v) is 17.3. The number of nitrogens with zero attached hydrogens (tertiary/aromatic N) is 2. The van der Waals surface area contributed by atoms with E-state index in [1.165, 1.54) is 4.90 Å². The molecule has 6 amide bonds. The maximum Gasteiger partial charge on any atom is 0.308 e. The minimum Gasteiger partial charge on any atom is -0.460 e. The predicted molar refractivity (Wildman–Crippen MR) is 223 cm³/mol. The van der Waals surface area contributed by atoms with Gasteiger partial charge in [0.05, 0.1) is 26.1 Å². The molecule has 2 unspecified atom stereocenters. The van der Waals surface area contributed by atoms with Gasteiger partial charge in [-0.25, -0.2) is 0 Å². The van der Waals surface area contributed by atoms with Gasteiger partial charge >= 0.3 is 11.9 Å². The van der Waals surface area contributed by atoms with E-state index in [1.807, 2.05) is 59.7 Å². The van der Waals surface area contributed by atoms with E-state index >= 15 is 0 Å². The smallest absolute Gasteiger partial charge is 0.308 e. The summed E-state index contributed by atoms with van der Waals surface area (Å²) in [5, 5.41) is 4.61. The Morgan fingerprint density at radius 3 is 1.71 bits per heavy atom. The number of aryl methyl sites for hydroxylation is 1. The third kappa shape index (κ3) is 13.0. The highest BCUT2D eigenvalue weighted by Crippen LogP contribution is 2.31. The lowest BCUT2D eigenvalue weighted by Crippen LogP contribution is -2.52. The van der Waals surface area contributed by atoms with E-state index in [0.717, 1.165) is 29.5 Å². The lowest BCUT2D eigenvalue weighted by atomic mass is 10.00. The third-order valence-electron chi connectivity index (χ3n) is 10.1. The summed E-state index contributed by atoms with van der Waals surface area (Å²) in [5.41, 5.74) is 3.56. The molecular weight excluding hydrogens is 801 g/mol. The molecule has 0 radical (unpaired) electrons. The lowest BCUT2D eigenvalue weighted by Gasteiger charge is -2.29. The summed E-state index contributed by atoms with van der Waals surface area (Å²) in [6.07, 6.45) is 2.96. The summed E-state index contributed by atoms with van der Waals surface area (Å²) in [7, 11) is 0.